The van der Waals surface area contributed by atoms with Crippen LogP contribution in [0.1, 0.15) is 62.4 Å². The number of benzene rings is 1. The van der Waals surface area contributed by atoms with Crippen LogP contribution in [0.25, 0.3) is 0 Å². The molecule has 146 valence electrons. The molecule has 0 radical (unpaired) electrons. The highest BCUT2D eigenvalue weighted by atomic mass is 16.2. The molecule has 1 aromatic rings. The number of nitrogens with zero attached hydrogens (tertiary/aromatic N) is 1. The molecule has 0 unspecified atom stereocenters. The van der Waals surface area contributed by atoms with Crippen molar-refractivity contribution in [3.05, 3.63) is 35.4 Å². The van der Waals surface area contributed by atoms with E-state index in [1.807, 2.05) is 49.9 Å². The van der Waals surface area contributed by atoms with Crippen molar-refractivity contribution in [2.75, 3.05) is 6.54 Å². The van der Waals surface area contributed by atoms with Crippen molar-refractivity contribution in [2.24, 2.45) is 5.41 Å². The first-order valence-electron chi connectivity index (χ1n) is 9.71. The Morgan fingerprint density at radius 2 is 1.67 bits per heavy atom. The van der Waals surface area contributed by atoms with Gasteiger partial charge in [0.2, 0.25) is 11.8 Å². The minimum atomic E-state index is -0.512. The Kier molecular flexibility index (Phi) is 5.53. The number of carbonyl (C=O) groups excluding carboxylic acids is 3. The molecule has 2 aliphatic carbocycles. The van der Waals surface area contributed by atoms with Crippen molar-refractivity contribution in [1.82, 2.24) is 15.5 Å². The SMILES string of the molecule is CC(C)(C)C(=O)NCC(=O)N(Cc1ccc(C(=O)NC2CC2)cc1)C1CC1. The molecule has 0 bridgehead atoms. The minimum Gasteiger partial charge on any atom is -0.349 e. The van der Waals surface area contributed by atoms with Gasteiger partial charge in [-0.15, -0.1) is 0 Å². The van der Waals surface area contributed by atoms with Crippen LogP contribution in [0.2, 0.25) is 0 Å². The zero-order chi connectivity index (χ0) is 19.6. The van der Waals surface area contributed by atoms with Crippen LogP contribution in [0.4, 0.5) is 0 Å². The van der Waals surface area contributed by atoms with E-state index in [1.54, 1.807) is 0 Å². The minimum absolute atomic E-state index is 0.0223. The summed E-state index contributed by atoms with van der Waals surface area (Å²) < 4.78 is 0. The number of amides is 3. The molecule has 3 amide bonds. The molecule has 6 heteroatoms. The molecule has 2 aliphatic rings. The zero-order valence-corrected chi connectivity index (χ0v) is 16.4. The lowest BCUT2D eigenvalue weighted by Crippen LogP contribution is -2.44. The maximum absolute atomic E-state index is 12.6. The third kappa shape index (κ3) is 5.55. The average Bonchev–Trinajstić information content (AvgIpc) is 3.51. The largest absolute Gasteiger partial charge is 0.349 e. The summed E-state index contributed by atoms with van der Waals surface area (Å²) >= 11 is 0. The summed E-state index contributed by atoms with van der Waals surface area (Å²) in [5.74, 6) is -0.229. The highest BCUT2D eigenvalue weighted by molar-refractivity contribution is 5.94. The van der Waals surface area contributed by atoms with Crippen molar-refractivity contribution in [3.8, 4) is 0 Å². The van der Waals surface area contributed by atoms with Crippen molar-refractivity contribution < 1.29 is 14.4 Å². The monoisotopic (exact) mass is 371 g/mol. The molecule has 6 nitrogen and oxygen atoms in total. The van der Waals surface area contributed by atoms with E-state index in [-0.39, 0.29) is 30.3 Å². The van der Waals surface area contributed by atoms with E-state index in [1.165, 1.54) is 0 Å². The fourth-order valence-corrected chi connectivity index (χ4v) is 2.78. The van der Waals surface area contributed by atoms with Gasteiger partial charge in [-0.25, -0.2) is 0 Å². The molecule has 1 aromatic carbocycles. The van der Waals surface area contributed by atoms with E-state index in [0.29, 0.717) is 18.2 Å². The van der Waals surface area contributed by atoms with Crippen LogP contribution in [-0.4, -0.2) is 41.2 Å². The van der Waals surface area contributed by atoms with Gasteiger partial charge < -0.3 is 15.5 Å². The van der Waals surface area contributed by atoms with Crippen LogP contribution in [0, 0.1) is 5.41 Å². The molecule has 3 rings (SSSR count). The summed E-state index contributed by atoms with van der Waals surface area (Å²) in [4.78, 5) is 38.5. The van der Waals surface area contributed by atoms with Gasteiger partial charge in [-0.05, 0) is 43.4 Å². The summed E-state index contributed by atoms with van der Waals surface area (Å²) in [5, 5.41) is 5.71. The van der Waals surface area contributed by atoms with E-state index in [2.05, 4.69) is 10.6 Å². The second-order valence-electron chi connectivity index (χ2n) is 8.63. The Morgan fingerprint density at radius 3 is 2.19 bits per heavy atom. The Morgan fingerprint density at radius 1 is 1.04 bits per heavy atom. The van der Waals surface area contributed by atoms with Crippen LogP contribution in [-0.2, 0) is 16.1 Å². The van der Waals surface area contributed by atoms with Crippen LogP contribution in [0.15, 0.2) is 24.3 Å². The van der Waals surface area contributed by atoms with Gasteiger partial charge in [0.15, 0.2) is 0 Å². The highest BCUT2D eigenvalue weighted by Gasteiger charge is 2.33. The molecule has 0 aliphatic heterocycles. The molecule has 0 atom stereocenters. The fraction of sp³-hybridized carbons (Fsp3) is 0.571. The van der Waals surface area contributed by atoms with Gasteiger partial charge in [0.25, 0.3) is 5.91 Å². The number of carbonyl (C=O) groups is 3. The lowest BCUT2D eigenvalue weighted by Gasteiger charge is -2.24. The Hall–Kier alpha value is -2.37. The van der Waals surface area contributed by atoms with Crippen molar-refractivity contribution in [1.29, 1.82) is 0 Å². The molecule has 27 heavy (non-hydrogen) atoms. The molecular weight excluding hydrogens is 342 g/mol. The number of nitrogens with one attached hydrogen (secondary N) is 2. The summed E-state index contributed by atoms with van der Waals surface area (Å²) in [7, 11) is 0. The summed E-state index contributed by atoms with van der Waals surface area (Å²) in [6, 6.07) is 8.01. The third-order valence-corrected chi connectivity index (χ3v) is 4.87. The quantitative estimate of drug-likeness (QED) is 0.771. The van der Waals surface area contributed by atoms with Gasteiger partial charge in [-0.3, -0.25) is 14.4 Å². The fourth-order valence-electron chi connectivity index (χ4n) is 2.78. The highest BCUT2D eigenvalue weighted by Crippen LogP contribution is 2.28. The number of hydrogen-bond donors (Lipinski definition) is 2. The average molecular weight is 371 g/mol. The zero-order valence-electron chi connectivity index (χ0n) is 16.4. The third-order valence-electron chi connectivity index (χ3n) is 4.87. The van der Waals surface area contributed by atoms with E-state index in [9.17, 15) is 14.4 Å². The van der Waals surface area contributed by atoms with Crippen molar-refractivity contribution in [3.63, 3.8) is 0 Å². The van der Waals surface area contributed by atoms with Gasteiger partial charge in [-0.2, -0.15) is 0 Å². The van der Waals surface area contributed by atoms with Gasteiger partial charge in [0.05, 0.1) is 6.54 Å². The van der Waals surface area contributed by atoms with E-state index in [0.717, 1.165) is 31.2 Å². The maximum Gasteiger partial charge on any atom is 0.251 e. The molecule has 2 saturated carbocycles. The second kappa shape index (κ2) is 7.71. The molecule has 0 spiro atoms. The lowest BCUT2D eigenvalue weighted by atomic mass is 9.96. The Bertz CT molecular complexity index is 713. The number of rotatable bonds is 7. The Balaban J connectivity index is 1.56. The molecule has 2 N–H and O–H groups in total. The van der Waals surface area contributed by atoms with Gasteiger partial charge >= 0.3 is 0 Å². The predicted molar refractivity (Wildman–Crippen MR) is 103 cm³/mol. The standard InChI is InChI=1S/C21H29N3O3/c1-21(2,3)20(27)22-12-18(25)24(17-10-11-17)13-14-4-6-15(7-5-14)19(26)23-16-8-9-16/h4-7,16-17H,8-13H2,1-3H3,(H,22,27)(H,23,26). The molecule has 0 saturated heterocycles. The first-order chi connectivity index (χ1) is 12.7. The molecular formula is C21H29N3O3. The van der Waals surface area contributed by atoms with Crippen LogP contribution in [0.5, 0.6) is 0 Å². The van der Waals surface area contributed by atoms with Crippen LogP contribution < -0.4 is 10.6 Å². The van der Waals surface area contributed by atoms with Gasteiger partial charge in [0.1, 0.15) is 0 Å². The topological polar surface area (TPSA) is 78.5 Å². The van der Waals surface area contributed by atoms with E-state index >= 15 is 0 Å². The summed E-state index contributed by atoms with van der Waals surface area (Å²) in [5.41, 5.74) is 1.12. The number of hydrogen-bond acceptors (Lipinski definition) is 3. The van der Waals surface area contributed by atoms with Crippen LogP contribution >= 0.6 is 0 Å². The van der Waals surface area contributed by atoms with Crippen LogP contribution in [0.3, 0.4) is 0 Å². The predicted octanol–water partition coefficient (Wildman–Crippen LogP) is 2.23. The van der Waals surface area contributed by atoms with Gasteiger partial charge in [-0.1, -0.05) is 32.9 Å². The van der Waals surface area contributed by atoms with E-state index in [4.69, 9.17) is 0 Å². The first-order valence-corrected chi connectivity index (χ1v) is 9.71. The van der Waals surface area contributed by atoms with Gasteiger partial charge in [0, 0.05) is 29.6 Å². The smallest absolute Gasteiger partial charge is 0.251 e. The van der Waals surface area contributed by atoms with Crippen molar-refractivity contribution in [2.45, 2.75) is 65.1 Å². The molecule has 2 fully saturated rings. The van der Waals surface area contributed by atoms with Crippen molar-refractivity contribution >= 4 is 17.7 Å². The second-order valence-corrected chi connectivity index (χ2v) is 8.63. The molecule has 0 heterocycles. The normalized spacial score (nSPS) is 16.6. The first kappa shape index (κ1) is 19.4. The summed E-state index contributed by atoms with van der Waals surface area (Å²) in [6.45, 7) is 6.00. The molecule has 0 aromatic heterocycles. The Labute approximate surface area is 160 Å². The lowest BCUT2D eigenvalue weighted by molar-refractivity contribution is -0.136. The summed E-state index contributed by atoms with van der Waals surface area (Å²) in [6.07, 6.45) is 4.13. The van der Waals surface area contributed by atoms with E-state index < -0.39 is 5.41 Å². The maximum atomic E-state index is 12.6.